The lowest BCUT2D eigenvalue weighted by molar-refractivity contribution is 0.0609. The number of rotatable bonds is 7. The van der Waals surface area contributed by atoms with E-state index in [-0.39, 0.29) is 0 Å². The average Bonchev–Trinajstić information content (AvgIpc) is 2.31. The van der Waals surface area contributed by atoms with Crippen LogP contribution in [0.15, 0.2) is 0 Å². The van der Waals surface area contributed by atoms with E-state index in [0.29, 0.717) is 18.1 Å². The molecule has 0 radical (unpaired) electrons. The molecule has 0 aromatic rings. The molecule has 1 aliphatic carbocycles. The van der Waals surface area contributed by atoms with Gasteiger partial charge >= 0.3 is 0 Å². The van der Waals surface area contributed by atoms with E-state index < -0.39 is 0 Å². The van der Waals surface area contributed by atoms with E-state index in [9.17, 15) is 0 Å². The van der Waals surface area contributed by atoms with Gasteiger partial charge in [0.05, 0.1) is 6.61 Å². The number of hydrogen-bond donors (Lipinski definition) is 1. The van der Waals surface area contributed by atoms with Gasteiger partial charge in [0.2, 0.25) is 0 Å². The van der Waals surface area contributed by atoms with Gasteiger partial charge in [-0.05, 0) is 33.2 Å². The summed E-state index contributed by atoms with van der Waals surface area (Å²) in [5.74, 6) is 0. The van der Waals surface area contributed by atoms with Crippen molar-refractivity contribution < 1.29 is 4.74 Å². The third kappa shape index (κ3) is 4.57. The molecule has 1 N–H and O–H groups in total. The normalized spacial score (nSPS) is 25.8. The number of hydrogen-bond acceptors (Lipinski definition) is 3. The summed E-state index contributed by atoms with van der Waals surface area (Å²) in [7, 11) is 1.79. The van der Waals surface area contributed by atoms with Crippen LogP contribution in [0.3, 0.4) is 0 Å². The molecular weight excluding hydrogens is 212 g/mol. The Morgan fingerprint density at radius 1 is 1.29 bits per heavy atom. The maximum atomic E-state index is 5.25. The van der Waals surface area contributed by atoms with Gasteiger partial charge in [-0.15, -0.1) is 0 Å². The molecule has 1 aliphatic rings. The van der Waals surface area contributed by atoms with Crippen LogP contribution in [-0.2, 0) is 4.74 Å². The van der Waals surface area contributed by atoms with Crippen LogP contribution >= 0.6 is 0 Å². The molecule has 3 nitrogen and oxygen atoms in total. The van der Waals surface area contributed by atoms with Gasteiger partial charge in [0, 0.05) is 31.8 Å². The molecule has 0 heterocycles. The maximum Gasteiger partial charge on any atom is 0.0589 e. The molecule has 2 unspecified atom stereocenters. The van der Waals surface area contributed by atoms with Crippen LogP contribution in [0.4, 0.5) is 0 Å². The number of likely N-dealkylation sites (N-methyl/N-ethyl adjacent to an activating group) is 1. The molecule has 0 aliphatic heterocycles. The minimum absolute atomic E-state index is 0.606. The molecule has 1 rings (SSSR count). The first-order valence-electron chi connectivity index (χ1n) is 7.18. The molecule has 0 spiro atoms. The van der Waals surface area contributed by atoms with Crippen molar-refractivity contribution in [3.05, 3.63) is 0 Å². The van der Waals surface area contributed by atoms with Gasteiger partial charge < -0.3 is 10.1 Å². The van der Waals surface area contributed by atoms with Crippen molar-refractivity contribution >= 4 is 0 Å². The zero-order valence-electron chi connectivity index (χ0n) is 12.0. The van der Waals surface area contributed by atoms with E-state index in [1.807, 2.05) is 0 Å². The fourth-order valence-electron chi connectivity index (χ4n) is 3.01. The molecule has 2 atom stereocenters. The van der Waals surface area contributed by atoms with Crippen LogP contribution < -0.4 is 5.32 Å². The Bertz CT molecular complexity index is 195. The van der Waals surface area contributed by atoms with Crippen LogP contribution in [0.1, 0.15) is 46.5 Å². The summed E-state index contributed by atoms with van der Waals surface area (Å²) in [5.41, 5.74) is 0. The predicted molar refractivity (Wildman–Crippen MR) is 73.4 cm³/mol. The van der Waals surface area contributed by atoms with E-state index in [4.69, 9.17) is 4.74 Å². The highest BCUT2D eigenvalue weighted by Crippen LogP contribution is 2.24. The highest BCUT2D eigenvalue weighted by molar-refractivity contribution is 4.89. The molecule has 1 saturated carbocycles. The molecule has 17 heavy (non-hydrogen) atoms. The molecule has 0 amide bonds. The van der Waals surface area contributed by atoms with Crippen molar-refractivity contribution in [2.75, 3.05) is 26.8 Å². The van der Waals surface area contributed by atoms with Gasteiger partial charge in [-0.25, -0.2) is 0 Å². The molecule has 102 valence electrons. The number of nitrogens with zero attached hydrogens (tertiary/aromatic N) is 1. The SMILES string of the molecule is CCNC1CCCCC1N(CCOC)C(C)C. The van der Waals surface area contributed by atoms with Crippen LogP contribution in [0, 0.1) is 0 Å². The molecule has 0 aromatic heterocycles. The first kappa shape index (κ1) is 14.9. The number of nitrogens with one attached hydrogen (secondary N) is 1. The molecule has 3 heteroatoms. The summed E-state index contributed by atoms with van der Waals surface area (Å²) < 4.78 is 5.25. The minimum atomic E-state index is 0.606. The van der Waals surface area contributed by atoms with Crippen LogP contribution in [-0.4, -0.2) is 49.8 Å². The second kappa shape index (κ2) is 8.06. The Hall–Kier alpha value is -0.120. The molecular formula is C14H30N2O. The van der Waals surface area contributed by atoms with Gasteiger partial charge in [0.25, 0.3) is 0 Å². The Kier molecular flexibility index (Phi) is 7.09. The Morgan fingerprint density at radius 3 is 2.59 bits per heavy atom. The Balaban J connectivity index is 2.60. The second-order valence-corrected chi connectivity index (χ2v) is 5.34. The zero-order chi connectivity index (χ0) is 12.7. The fourth-order valence-corrected chi connectivity index (χ4v) is 3.01. The largest absolute Gasteiger partial charge is 0.383 e. The van der Waals surface area contributed by atoms with E-state index in [0.717, 1.165) is 19.7 Å². The van der Waals surface area contributed by atoms with E-state index in [1.54, 1.807) is 7.11 Å². The van der Waals surface area contributed by atoms with Gasteiger partial charge in [-0.3, -0.25) is 4.90 Å². The standard InChI is InChI=1S/C14H30N2O/c1-5-15-13-8-6-7-9-14(13)16(12(2)3)10-11-17-4/h12-15H,5-11H2,1-4H3. The third-order valence-corrected chi connectivity index (χ3v) is 3.84. The first-order valence-corrected chi connectivity index (χ1v) is 7.18. The van der Waals surface area contributed by atoms with Crippen molar-refractivity contribution in [2.45, 2.75) is 64.6 Å². The van der Waals surface area contributed by atoms with Gasteiger partial charge in [-0.2, -0.15) is 0 Å². The van der Waals surface area contributed by atoms with Gasteiger partial charge in [0.15, 0.2) is 0 Å². The summed E-state index contributed by atoms with van der Waals surface area (Å²) in [4.78, 5) is 2.62. The molecule has 0 saturated heterocycles. The second-order valence-electron chi connectivity index (χ2n) is 5.34. The summed E-state index contributed by atoms with van der Waals surface area (Å²) in [5, 5.41) is 3.66. The van der Waals surface area contributed by atoms with Crippen LogP contribution in [0.2, 0.25) is 0 Å². The topological polar surface area (TPSA) is 24.5 Å². The summed E-state index contributed by atoms with van der Waals surface area (Å²) >= 11 is 0. The highest BCUT2D eigenvalue weighted by atomic mass is 16.5. The Labute approximate surface area is 107 Å². The minimum Gasteiger partial charge on any atom is -0.383 e. The summed E-state index contributed by atoms with van der Waals surface area (Å²) in [6, 6.07) is 1.97. The first-order chi connectivity index (χ1) is 8.20. The van der Waals surface area contributed by atoms with Crippen LogP contribution in [0.25, 0.3) is 0 Å². The van der Waals surface area contributed by atoms with E-state index in [2.05, 4.69) is 31.0 Å². The number of ether oxygens (including phenoxy) is 1. The molecule has 0 bridgehead atoms. The smallest absolute Gasteiger partial charge is 0.0589 e. The Morgan fingerprint density at radius 2 is 2.00 bits per heavy atom. The van der Waals surface area contributed by atoms with Crippen molar-refractivity contribution in [3.8, 4) is 0 Å². The van der Waals surface area contributed by atoms with Gasteiger partial charge in [-0.1, -0.05) is 19.8 Å². The van der Waals surface area contributed by atoms with Crippen molar-refractivity contribution in [1.82, 2.24) is 10.2 Å². The quantitative estimate of drug-likeness (QED) is 0.741. The van der Waals surface area contributed by atoms with Crippen LogP contribution in [0.5, 0.6) is 0 Å². The fraction of sp³-hybridized carbons (Fsp3) is 1.00. The van der Waals surface area contributed by atoms with Crippen molar-refractivity contribution in [2.24, 2.45) is 0 Å². The van der Waals surface area contributed by atoms with Crippen molar-refractivity contribution in [1.29, 1.82) is 0 Å². The monoisotopic (exact) mass is 242 g/mol. The average molecular weight is 242 g/mol. The predicted octanol–water partition coefficient (Wildman–Crippen LogP) is 2.26. The lowest BCUT2D eigenvalue weighted by atomic mass is 9.88. The third-order valence-electron chi connectivity index (χ3n) is 3.84. The highest BCUT2D eigenvalue weighted by Gasteiger charge is 2.30. The maximum absolute atomic E-state index is 5.25. The lowest BCUT2D eigenvalue weighted by Crippen LogP contribution is -2.54. The van der Waals surface area contributed by atoms with E-state index in [1.165, 1.54) is 25.7 Å². The lowest BCUT2D eigenvalue weighted by Gasteiger charge is -2.42. The molecule has 1 fully saturated rings. The summed E-state index contributed by atoms with van der Waals surface area (Å²) in [6.07, 6.45) is 5.42. The zero-order valence-corrected chi connectivity index (χ0v) is 12.0. The number of methoxy groups -OCH3 is 1. The van der Waals surface area contributed by atoms with Gasteiger partial charge in [0.1, 0.15) is 0 Å². The molecule has 0 aromatic carbocycles. The van der Waals surface area contributed by atoms with Crippen molar-refractivity contribution in [3.63, 3.8) is 0 Å². The summed E-state index contributed by atoms with van der Waals surface area (Å²) in [6.45, 7) is 9.78. The van der Waals surface area contributed by atoms with E-state index >= 15 is 0 Å².